The van der Waals surface area contributed by atoms with Crippen molar-refractivity contribution in [1.82, 2.24) is 5.43 Å². The van der Waals surface area contributed by atoms with Crippen molar-refractivity contribution >= 4 is 0 Å². The zero-order valence-electron chi connectivity index (χ0n) is 12.5. The summed E-state index contributed by atoms with van der Waals surface area (Å²) in [6.07, 6.45) is 9.32. The van der Waals surface area contributed by atoms with Gasteiger partial charge in [-0.1, -0.05) is 39.5 Å². The first-order valence-electron chi connectivity index (χ1n) is 7.67. The molecule has 0 aromatic heterocycles. The molecular weight excluding hydrogens is 224 g/mol. The fourth-order valence-corrected chi connectivity index (χ4v) is 3.49. The summed E-state index contributed by atoms with van der Waals surface area (Å²) in [5.74, 6) is 8.11. The highest BCUT2D eigenvalue weighted by molar-refractivity contribution is 4.84. The van der Waals surface area contributed by atoms with Gasteiger partial charge in [0.05, 0.1) is 0 Å². The summed E-state index contributed by atoms with van der Waals surface area (Å²) in [6, 6.07) is 0.461. The lowest BCUT2D eigenvalue weighted by Gasteiger charge is -2.36. The highest BCUT2D eigenvalue weighted by Gasteiger charge is 2.29. The number of rotatable bonds is 8. The first-order valence-corrected chi connectivity index (χ1v) is 7.67. The van der Waals surface area contributed by atoms with Crippen LogP contribution in [0, 0.1) is 17.8 Å². The van der Waals surface area contributed by atoms with E-state index in [2.05, 4.69) is 19.3 Å². The fraction of sp³-hybridized carbons (Fsp3) is 1.00. The summed E-state index contributed by atoms with van der Waals surface area (Å²) in [7, 11) is 1.77. The van der Waals surface area contributed by atoms with Crippen LogP contribution in [-0.2, 0) is 4.74 Å². The molecular formula is C15H32N2O. The largest absolute Gasteiger partial charge is 0.385 e. The highest BCUT2D eigenvalue weighted by atomic mass is 16.5. The number of nitrogens with one attached hydrogen (secondary N) is 1. The van der Waals surface area contributed by atoms with Crippen molar-refractivity contribution in [2.45, 2.75) is 64.8 Å². The molecule has 2 unspecified atom stereocenters. The Morgan fingerprint density at radius 3 is 2.44 bits per heavy atom. The Morgan fingerprint density at radius 2 is 1.94 bits per heavy atom. The third kappa shape index (κ3) is 4.87. The molecule has 0 amide bonds. The lowest BCUT2D eigenvalue weighted by Crippen LogP contribution is -2.46. The minimum absolute atomic E-state index is 0.461. The van der Waals surface area contributed by atoms with Gasteiger partial charge < -0.3 is 4.74 Å². The van der Waals surface area contributed by atoms with Crippen LogP contribution in [0.25, 0.3) is 0 Å². The maximum atomic E-state index is 5.78. The number of ether oxygens (including phenoxy) is 1. The second kappa shape index (κ2) is 8.89. The van der Waals surface area contributed by atoms with Crippen molar-refractivity contribution in [2.75, 3.05) is 13.7 Å². The van der Waals surface area contributed by atoms with Crippen molar-refractivity contribution < 1.29 is 4.74 Å². The van der Waals surface area contributed by atoms with E-state index in [9.17, 15) is 0 Å². The number of methoxy groups -OCH3 is 1. The van der Waals surface area contributed by atoms with Gasteiger partial charge in [0, 0.05) is 19.8 Å². The van der Waals surface area contributed by atoms with E-state index in [1.54, 1.807) is 7.11 Å². The molecule has 108 valence electrons. The maximum absolute atomic E-state index is 5.78. The Balaban J connectivity index is 2.37. The van der Waals surface area contributed by atoms with Gasteiger partial charge in [0.1, 0.15) is 0 Å². The number of hydrazine groups is 1. The Kier molecular flexibility index (Phi) is 7.87. The van der Waals surface area contributed by atoms with Gasteiger partial charge in [0.2, 0.25) is 0 Å². The van der Waals surface area contributed by atoms with Crippen molar-refractivity contribution in [2.24, 2.45) is 23.6 Å². The molecule has 1 fully saturated rings. The van der Waals surface area contributed by atoms with Gasteiger partial charge in [-0.2, -0.15) is 0 Å². The molecule has 0 saturated heterocycles. The number of hydrogen-bond donors (Lipinski definition) is 2. The van der Waals surface area contributed by atoms with Gasteiger partial charge in [-0.3, -0.25) is 11.3 Å². The Bertz CT molecular complexity index is 203. The van der Waals surface area contributed by atoms with Gasteiger partial charge in [0.15, 0.2) is 0 Å². The third-order valence-corrected chi connectivity index (χ3v) is 4.68. The van der Waals surface area contributed by atoms with Gasteiger partial charge in [-0.05, 0) is 37.0 Å². The predicted molar refractivity (Wildman–Crippen MR) is 77.1 cm³/mol. The van der Waals surface area contributed by atoms with Gasteiger partial charge in [-0.15, -0.1) is 0 Å². The Labute approximate surface area is 113 Å². The van der Waals surface area contributed by atoms with Crippen LogP contribution in [0.5, 0.6) is 0 Å². The van der Waals surface area contributed by atoms with Crippen molar-refractivity contribution in [3.8, 4) is 0 Å². The molecule has 0 bridgehead atoms. The molecule has 0 radical (unpaired) electrons. The van der Waals surface area contributed by atoms with Gasteiger partial charge >= 0.3 is 0 Å². The van der Waals surface area contributed by atoms with Crippen molar-refractivity contribution in [3.63, 3.8) is 0 Å². The average Bonchev–Trinajstić information content (AvgIpc) is 2.39. The van der Waals surface area contributed by atoms with Crippen LogP contribution in [0.2, 0.25) is 0 Å². The minimum Gasteiger partial charge on any atom is -0.385 e. The topological polar surface area (TPSA) is 47.3 Å². The first-order chi connectivity index (χ1) is 8.72. The Morgan fingerprint density at radius 1 is 1.28 bits per heavy atom. The second-order valence-corrected chi connectivity index (χ2v) is 6.02. The Hall–Kier alpha value is -0.120. The molecule has 1 saturated carbocycles. The molecule has 1 rings (SSSR count). The van der Waals surface area contributed by atoms with Crippen LogP contribution in [-0.4, -0.2) is 19.8 Å². The third-order valence-electron chi connectivity index (χ3n) is 4.68. The standard InChI is InChI=1S/C15H32N2O/c1-4-5-13-6-8-14(9-7-13)15(17-16)12(2)10-11-18-3/h12-15,17H,4-11,16H2,1-3H3. The minimum atomic E-state index is 0.461. The van der Waals surface area contributed by atoms with Crippen LogP contribution in [0.4, 0.5) is 0 Å². The predicted octanol–water partition coefficient (Wildman–Crippen LogP) is 3.10. The fourth-order valence-electron chi connectivity index (χ4n) is 3.49. The quantitative estimate of drug-likeness (QED) is 0.518. The SMILES string of the molecule is CCCC1CCC(C(NN)C(C)CCOC)CC1. The van der Waals surface area contributed by atoms with E-state index < -0.39 is 0 Å². The summed E-state index contributed by atoms with van der Waals surface area (Å²) in [5, 5.41) is 0. The normalized spacial score (nSPS) is 28.0. The molecule has 0 aromatic rings. The molecule has 0 aromatic carbocycles. The summed E-state index contributed by atoms with van der Waals surface area (Å²) < 4.78 is 5.17. The van der Waals surface area contributed by atoms with Crippen LogP contribution in [0.1, 0.15) is 58.8 Å². The molecule has 3 heteroatoms. The molecule has 0 heterocycles. The average molecular weight is 256 g/mol. The van der Waals surface area contributed by atoms with Gasteiger partial charge in [0.25, 0.3) is 0 Å². The van der Waals surface area contributed by atoms with E-state index in [0.29, 0.717) is 12.0 Å². The summed E-state index contributed by atoms with van der Waals surface area (Å²) in [4.78, 5) is 0. The van der Waals surface area contributed by atoms with Crippen LogP contribution in [0.3, 0.4) is 0 Å². The van der Waals surface area contributed by atoms with Crippen molar-refractivity contribution in [1.29, 1.82) is 0 Å². The summed E-state index contributed by atoms with van der Waals surface area (Å²) in [5.41, 5.74) is 3.07. The van der Waals surface area contributed by atoms with Crippen LogP contribution < -0.4 is 11.3 Å². The van der Waals surface area contributed by atoms with E-state index in [-0.39, 0.29) is 0 Å². The molecule has 3 nitrogen and oxygen atoms in total. The number of hydrogen-bond acceptors (Lipinski definition) is 3. The van der Waals surface area contributed by atoms with Crippen LogP contribution in [0.15, 0.2) is 0 Å². The second-order valence-electron chi connectivity index (χ2n) is 6.02. The van der Waals surface area contributed by atoms with E-state index in [4.69, 9.17) is 10.6 Å². The summed E-state index contributed by atoms with van der Waals surface area (Å²) in [6.45, 7) is 5.43. The monoisotopic (exact) mass is 256 g/mol. The van der Waals surface area contributed by atoms with Gasteiger partial charge in [-0.25, -0.2) is 0 Å². The molecule has 0 spiro atoms. The van der Waals surface area contributed by atoms with Crippen LogP contribution >= 0.6 is 0 Å². The van der Waals surface area contributed by atoms with Crippen molar-refractivity contribution in [3.05, 3.63) is 0 Å². The van der Waals surface area contributed by atoms with E-state index in [1.165, 1.54) is 38.5 Å². The molecule has 3 N–H and O–H groups in total. The molecule has 1 aliphatic rings. The smallest absolute Gasteiger partial charge is 0.0465 e. The molecule has 2 atom stereocenters. The number of nitrogens with two attached hydrogens (primary N) is 1. The lowest BCUT2D eigenvalue weighted by atomic mass is 9.74. The molecule has 1 aliphatic carbocycles. The highest BCUT2D eigenvalue weighted by Crippen LogP contribution is 2.35. The summed E-state index contributed by atoms with van der Waals surface area (Å²) >= 11 is 0. The molecule has 0 aliphatic heterocycles. The zero-order valence-corrected chi connectivity index (χ0v) is 12.5. The lowest BCUT2D eigenvalue weighted by molar-refractivity contribution is 0.137. The van der Waals surface area contributed by atoms with E-state index in [0.717, 1.165) is 24.9 Å². The first kappa shape index (κ1) is 15.9. The zero-order chi connectivity index (χ0) is 13.4. The van der Waals surface area contributed by atoms with E-state index in [1.807, 2.05) is 0 Å². The molecule has 18 heavy (non-hydrogen) atoms. The van der Waals surface area contributed by atoms with E-state index >= 15 is 0 Å². The maximum Gasteiger partial charge on any atom is 0.0465 e.